The number of rotatable bonds is 3. The molecule has 1 unspecified atom stereocenters. The Labute approximate surface area is 156 Å². The number of aromatic nitrogens is 3. The summed E-state index contributed by atoms with van der Waals surface area (Å²) in [4.78, 5) is 4.21. The van der Waals surface area contributed by atoms with E-state index in [9.17, 15) is 9.50 Å². The number of ether oxygens (including phenoxy) is 1. The second-order valence-corrected chi connectivity index (χ2v) is 7.51. The van der Waals surface area contributed by atoms with E-state index in [1.54, 1.807) is 25.4 Å². The molecule has 4 rings (SSSR count). The van der Waals surface area contributed by atoms with E-state index in [1.807, 2.05) is 6.07 Å². The van der Waals surface area contributed by atoms with E-state index in [2.05, 4.69) is 34.3 Å². The molecule has 0 amide bonds. The quantitative estimate of drug-likeness (QED) is 0.731. The number of phenolic OH excluding ortho intramolecular Hbond substituents is 1. The van der Waals surface area contributed by atoms with Gasteiger partial charge in [0.1, 0.15) is 5.69 Å². The van der Waals surface area contributed by atoms with Gasteiger partial charge >= 0.3 is 0 Å². The van der Waals surface area contributed by atoms with Crippen LogP contribution in [0.25, 0.3) is 22.0 Å². The molecule has 0 spiro atoms. The van der Waals surface area contributed by atoms with Crippen molar-refractivity contribution >= 4 is 16.6 Å². The predicted molar refractivity (Wildman–Crippen MR) is 101 cm³/mol. The van der Waals surface area contributed by atoms with Crippen molar-refractivity contribution in [3.63, 3.8) is 0 Å². The van der Waals surface area contributed by atoms with Gasteiger partial charge in [-0.05, 0) is 51.0 Å². The van der Waals surface area contributed by atoms with Gasteiger partial charge in [-0.1, -0.05) is 0 Å². The zero-order valence-electron chi connectivity index (χ0n) is 15.5. The van der Waals surface area contributed by atoms with Gasteiger partial charge in [-0.25, -0.2) is 4.39 Å². The molecule has 27 heavy (non-hydrogen) atoms. The summed E-state index contributed by atoms with van der Waals surface area (Å²) in [5.41, 5.74) is 1.30. The summed E-state index contributed by atoms with van der Waals surface area (Å²) in [7, 11) is 0. The molecule has 3 heterocycles. The molecule has 0 bridgehead atoms. The van der Waals surface area contributed by atoms with Crippen LogP contribution in [0.2, 0.25) is 0 Å². The molecule has 7 heteroatoms. The van der Waals surface area contributed by atoms with Crippen molar-refractivity contribution in [1.29, 1.82) is 0 Å². The average Bonchev–Trinajstić information content (AvgIpc) is 2.99. The van der Waals surface area contributed by atoms with Gasteiger partial charge in [0, 0.05) is 28.7 Å². The van der Waals surface area contributed by atoms with E-state index in [0.717, 1.165) is 17.2 Å². The predicted octanol–water partition coefficient (Wildman–Crippen LogP) is 3.82. The highest BCUT2D eigenvalue weighted by Crippen LogP contribution is 2.35. The van der Waals surface area contributed by atoms with Crippen LogP contribution in [0.1, 0.15) is 25.8 Å². The Morgan fingerprint density at radius 1 is 1.22 bits per heavy atom. The molecule has 1 saturated heterocycles. The monoisotopic (exact) mass is 368 g/mol. The summed E-state index contributed by atoms with van der Waals surface area (Å²) >= 11 is 0. The van der Waals surface area contributed by atoms with E-state index in [-0.39, 0.29) is 17.4 Å². The topological polar surface area (TPSA) is 80.2 Å². The van der Waals surface area contributed by atoms with E-state index in [0.29, 0.717) is 29.2 Å². The van der Waals surface area contributed by atoms with Crippen LogP contribution < -0.4 is 5.32 Å². The van der Waals surface area contributed by atoms with Crippen molar-refractivity contribution in [3.8, 4) is 17.0 Å². The molecular weight excluding hydrogens is 347 g/mol. The summed E-state index contributed by atoms with van der Waals surface area (Å²) in [5, 5.41) is 23.3. The molecule has 1 aliphatic heterocycles. The first-order valence-electron chi connectivity index (χ1n) is 8.85. The summed E-state index contributed by atoms with van der Waals surface area (Å²) in [6.45, 7) is 6.33. The molecule has 0 saturated carbocycles. The number of benzene rings is 1. The molecule has 6 nitrogen and oxygen atoms in total. The number of phenols is 1. The largest absolute Gasteiger partial charge is 0.505 e. The smallest absolute Gasteiger partial charge is 0.168 e. The molecule has 140 valence electrons. The van der Waals surface area contributed by atoms with Gasteiger partial charge in [0.25, 0.3) is 0 Å². The maximum atomic E-state index is 14.2. The van der Waals surface area contributed by atoms with Crippen molar-refractivity contribution in [2.24, 2.45) is 0 Å². The number of aromatic hydroxyl groups is 1. The molecule has 1 aromatic carbocycles. The van der Waals surface area contributed by atoms with Crippen LogP contribution in [0.5, 0.6) is 5.75 Å². The van der Waals surface area contributed by atoms with Gasteiger partial charge in [0.05, 0.1) is 18.2 Å². The number of fused-ring (bicyclic) bond motifs is 1. The van der Waals surface area contributed by atoms with Crippen molar-refractivity contribution in [1.82, 2.24) is 15.2 Å². The molecule has 0 aliphatic carbocycles. The number of anilines is 1. The van der Waals surface area contributed by atoms with E-state index in [4.69, 9.17) is 4.74 Å². The Morgan fingerprint density at radius 3 is 2.78 bits per heavy atom. The number of pyridine rings is 1. The van der Waals surface area contributed by atoms with Gasteiger partial charge in [0.2, 0.25) is 0 Å². The van der Waals surface area contributed by atoms with Gasteiger partial charge in [0.15, 0.2) is 17.4 Å². The summed E-state index contributed by atoms with van der Waals surface area (Å²) in [6.07, 6.45) is 4.26. The molecule has 1 aliphatic rings. The lowest BCUT2D eigenvalue weighted by Crippen LogP contribution is -2.23. The molecular formula is C20H21FN4O2. The molecule has 3 aromatic rings. The normalized spacial score (nSPS) is 18.7. The van der Waals surface area contributed by atoms with Gasteiger partial charge in [-0.3, -0.25) is 4.98 Å². The van der Waals surface area contributed by atoms with Crippen LogP contribution in [-0.4, -0.2) is 38.5 Å². The lowest BCUT2D eigenvalue weighted by atomic mass is 10.0. The van der Waals surface area contributed by atoms with Crippen molar-refractivity contribution in [2.45, 2.75) is 38.8 Å². The summed E-state index contributed by atoms with van der Waals surface area (Å²) in [6, 6.07) is 4.95. The lowest BCUT2D eigenvalue weighted by Gasteiger charge is -2.17. The number of hydrogen-bond acceptors (Lipinski definition) is 6. The molecule has 1 atom stereocenters. The average molecular weight is 368 g/mol. The van der Waals surface area contributed by atoms with Crippen molar-refractivity contribution < 1.29 is 14.2 Å². The van der Waals surface area contributed by atoms with Crippen LogP contribution in [0, 0.1) is 12.7 Å². The fourth-order valence-corrected chi connectivity index (χ4v) is 3.55. The first kappa shape index (κ1) is 17.6. The van der Waals surface area contributed by atoms with Crippen LogP contribution in [0.15, 0.2) is 30.6 Å². The number of nitrogens with zero attached hydrogens (tertiary/aromatic N) is 3. The van der Waals surface area contributed by atoms with E-state index < -0.39 is 5.82 Å². The maximum Gasteiger partial charge on any atom is 0.168 e. The third-order valence-corrected chi connectivity index (χ3v) is 4.96. The standard InChI is InChI=1S/C20H21FN4O2/c1-11-13(4-5-16(26)17(11)21)18-14-6-7-22-9-15(14)19(25-24-18)23-12-8-20(2,3)27-10-12/h4-7,9,12,26H,8,10H2,1-3H3,(H,23,25). The van der Waals surface area contributed by atoms with E-state index >= 15 is 0 Å². The molecule has 2 N–H and O–H groups in total. The lowest BCUT2D eigenvalue weighted by molar-refractivity contribution is 0.0363. The summed E-state index contributed by atoms with van der Waals surface area (Å²) in [5.74, 6) is -0.397. The first-order chi connectivity index (χ1) is 12.9. The Bertz CT molecular complexity index is 1020. The van der Waals surface area contributed by atoms with Crippen molar-refractivity contribution in [2.75, 3.05) is 11.9 Å². The number of halogens is 1. The van der Waals surface area contributed by atoms with Crippen molar-refractivity contribution in [3.05, 3.63) is 42.0 Å². The highest BCUT2D eigenvalue weighted by Gasteiger charge is 2.32. The Balaban J connectivity index is 1.79. The minimum absolute atomic E-state index is 0.136. The van der Waals surface area contributed by atoms with Gasteiger partial charge in [-0.2, -0.15) is 0 Å². The van der Waals surface area contributed by atoms with Gasteiger partial charge < -0.3 is 15.2 Å². The molecule has 0 radical (unpaired) electrons. The Kier molecular flexibility index (Phi) is 4.19. The second kappa shape index (κ2) is 6.42. The van der Waals surface area contributed by atoms with Crippen LogP contribution >= 0.6 is 0 Å². The fraction of sp³-hybridized carbons (Fsp3) is 0.350. The fourth-order valence-electron chi connectivity index (χ4n) is 3.55. The molecule has 1 fully saturated rings. The Morgan fingerprint density at radius 2 is 2.04 bits per heavy atom. The van der Waals surface area contributed by atoms with Crippen LogP contribution in [-0.2, 0) is 4.74 Å². The second-order valence-electron chi connectivity index (χ2n) is 7.51. The third kappa shape index (κ3) is 3.19. The van der Waals surface area contributed by atoms with Gasteiger partial charge in [-0.15, -0.1) is 10.2 Å². The number of hydrogen-bond donors (Lipinski definition) is 2. The minimum Gasteiger partial charge on any atom is -0.505 e. The SMILES string of the molecule is Cc1c(-c2nnc(NC3COC(C)(C)C3)c3cnccc23)ccc(O)c1F. The molecule has 2 aromatic heterocycles. The first-order valence-corrected chi connectivity index (χ1v) is 8.85. The highest BCUT2D eigenvalue weighted by molar-refractivity contribution is 6.00. The van der Waals surface area contributed by atoms with Crippen LogP contribution in [0.4, 0.5) is 10.2 Å². The zero-order valence-corrected chi connectivity index (χ0v) is 15.5. The number of nitrogens with one attached hydrogen (secondary N) is 1. The zero-order chi connectivity index (χ0) is 19.2. The highest BCUT2D eigenvalue weighted by atomic mass is 19.1. The third-order valence-electron chi connectivity index (χ3n) is 4.96. The Hall–Kier alpha value is -2.80. The minimum atomic E-state index is -0.649. The van der Waals surface area contributed by atoms with E-state index in [1.165, 1.54) is 6.07 Å². The summed E-state index contributed by atoms with van der Waals surface area (Å²) < 4.78 is 19.9. The maximum absolute atomic E-state index is 14.2. The van der Waals surface area contributed by atoms with Crippen LogP contribution in [0.3, 0.4) is 0 Å².